The summed E-state index contributed by atoms with van der Waals surface area (Å²) in [6, 6.07) is 24.1. The molecule has 3 aromatic carbocycles. The number of para-hydroxylation sites is 1. The van der Waals surface area contributed by atoms with Gasteiger partial charge in [-0.1, -0.05) is 54.6 Å². The van der Waals surface area contributed by atoms with Crippen LogP contribution in [0.4, 0.5) is 0 Å². The third kappa shape index (κ3) is 3.05. The highest BCUT2D eigenvalue weighted by Crippen LogP contribution is 2.38. The van der Waals surface area contributed by atoms with Crippen LogP contribution >= 0.6 is 0 Å². The Balaban J connectivity index is 1.25. The molecule has 4 heteroatoms. The molecule has 4 aromatic rings. The average molecular weight is 424 g/mol. The SMILES string of the molecule is CCn1c2ccccc2c2ccc(CN3CCC4(CC3)NC(=O)Cc3ccccc34)cc21. The van der Waals surface area contributed by atoms with E-state index in [4.69, 9.17) is 0 Å². The standard InChI is InChI=1S/C28H29N3O/c1-2-31-25-10-6-4-8-22(25)23-12-11-20(17-26(23)31)19-30-15-13-28(14-16-30)24-9-5-3-7-21(24)18-27(32)29-28/h3-12,17H,2,13-16,18-19H2,1H3,(H,29,32). The fourth-order valence-electron chi connectivity index (χ4n) is 5.97. The minimum absolute atomic E-state index is 0.162. The molecule has 0 unspecified atom stereocenters. The van der Waals surface area contributed by atoms with E-state index in [1.54, 1.807) is 0 Å². The number of likely N-dealkylation sites (tertiary alicyclic amines) is 1. The molecular weight excluding hydrogens is 394 g/mol. The topological polar surface area (TPSA) is 37.3 Å². The number of nitrogens with one attached hydrogen (secondary N) is 1. The van der Waals surface area contributed by atoms with Gasteiger partial charge in [-0.25, -0.2) is 0 Å². The van der Waals surface area contributed by atoms with Gasteiger partial charge in [-0.15, -0.1) is 0 Å². The van der Waals surface area contributed by atoms with Crippen LogP contribution in [0.25, 0.3) is 21.8 Å². The van der Waals surface area contributed by atoms with E-state index in [0.29, 0.717) is 6.42 Å². The Bertz CT molecular complexity index is 1330. The molecule has 3 heterocycles. The maximum Gasteiger partial charge on any atom is 0.225 e. The summed E-state index contributed by atoms with van der Waals surface area (Å²) in [5.41, 5.74) is 6.33. The van der Waals surface area contributed by atoms with Crippen LogP contribution in [0, 0.1) is 0 Å². The number of aromatic nitrogens is 1. The molecule has 1 amide bonds. The zero-order chi connectivity index (χ0) is 21.7. The van der Waals surface area contributed by atoms with Crippen LogP contribution < -0.4 is 5.32 Å². The van der Waals surface area contributed by atoms with E-state index >= 15 is 0 Å². The third-order valence-corrected chi connectivity index (χ3v) is 7.53. The molecule has 1 N–H and O–H groups in total. The van der Waals surface area contributed by atoms with Gasteiger partial charge in [0.25, 0.3) is 0 Å². The number of hydrogen-bond acceptors (Lipinski definition) is 2. The van der Waals surface area contributed by atoms with E-state index in [1.165, 1.54) is 38.5 Å². The number of rotatable bonds is 3. The fourth-order valence-corrected chi connectivity index (χ4v) is 5.97. The number of benzene rings is 3. The highest BCUT2D eigenvalue weighted by Gasteiger charge is 2.41. The lowest BCUT2D eigenvalue weighted by atomic mass is 9.75. The van der Waals surface area contributed by atoms with Gasteiger partial charge in [0.15, 0.2) is 0 Å². The fraction of sp³-hybridized carbons (Fsp3) is 0.321. The number of piperidine rings is 1. The van der Waals surface area contributed by atoms with Crippen molar-refractivity contribution in [2.45, 2.75) is 44.8 Å². The molecule has 1 fully saturated rings. The van der Waals surface area contributed by atoms with Gasteiger partial charge < -0.3 is 9.88 Å². The molecule has 0 radical (unpaired) electrons. The number of nitrogens with zero attached hydrogens (tertiary/aromatic N) is 2. The Morgan fingerprint density at radius 1 is 0.906 bits per heavy atom. The first-order valence-electron chi connectivity index (χ1n) is 11.8. The van der Waals surface area contributed by atoms with Crippen LogP contribution in [0.3, 0.4) is 0 Å². The zero-order valence-corrected chi connectivity index (χ0v) is 18.6. The van der Waals surface area contributed by atoms with Crippen LogP contribution in [-0.2, 0) is 29.8 Å². The predicted molar refractivity (Wildman–Crippen MR) is 130 cm³/mol. The van der Waals surface area contributed by atoms with Crippen molar-refractivity contribution < 1.29 is 4.79 Å². The van der Waals surface area contributed by atoms with Crippen LogP contribution in [0.2, 0.25) is 0 Å². The Morgan fingerprint density at radius 3 is 2.50 bits per heavy atom. The van der Waals surface area contributed by atoms with E-state index in [0.717, 1.165) is 39.0 Å². The Hall–Kier alpha value is -3.11. The molecule has 4 nitrogen and oxygen atoms in total. The van der Waals surface area contributed by atoms with Gasteiger partial charge in [0.2, 0.25) is 5.91 Å². The molecule has 2 aliphatic heterocycles. The lowest BCUT2D eigenvalue weighted by molar-refractivity contribution is -0.124. The van der Waals surface area contributed by atoms with E-state index in [9.17, 15) is 4.79 Å². The number of aryl methyl sites for hydroxylation is 1. The van der Waals surface area contributed by atoms with Gasteiger partial charge in [-0.3, -0.25) is 9.69 Å². The minimum Gasteiger partial charge on any atom is -0.346 e. The van der Waals surface area contributed by atoms with Crippen molar-refractivity contribution in [3.05, 3.63) is 83.4 Å². The normalized spacial score (nSPS) is 18.2. The van der Waals surface area contributed by atoms with Gasteiger partial charge in [-0.2, -0.15) is 0 Å². The third-order valence-electron chi connectivity index (χ3n) is 7.53. The van der Waals surface area contributed by atoms with E-state index in [2.05, 4.69) is 82.4 Å². The summed E-state index contributed by atoms with van der Waals surface area (Å²) in [6.07, 6.45) is 2.44. The van der Waals surface area contributed by atoms with Gasteiger partial charge in [0.1, 0.15) is 0 Å². The molecule has 2 aliphatic rings. The summed E-state index contributed by atoms with van der Waals surface area (Å²) in [7, 11) is 0. The first-order valence-corrected chi connectivity index (χ1v) is 11.8. The van der Waals surface area contributed by atoms with Crippen LogP contribution in [0.15, 0.2) is 66.7 Å². The van der Waals surface area contributed by atoms with Crippen LogP contribution in [-0.4, -0.2) is 28.5 Å². The summed E-state index contributed by atoms with van der Waals surface area (Å²) >= 11 is 0. The number of amides is 1. The predicted octanol–water partition coefficient (Wildman–Crippen LogP) is 4.98. The monoisotopic (exact) mass is 423 g/mol. The van der Waals surface area contributed by atoms with Crippen molar-refractivity contribution in [1.29, 1.82) is 0 Å². The molecule has 0 atom stereocenters. The number of fused-ring (bicyclic) bond motifs is 5. The first-order chi connectivity index (χ1) is 15.7. The molecule has 162 valence electrons. The van der Waals surface area contributed by atoms with E-state index in [-0.39, 0.29) is 11.4 Å². The highest BCUT2D eigenvalue weighted by atomic mass is 16.1. The molecule has 1 saturated heterocycles. The second-order valence-corrected chi connectivity index (χ2v) is 9.35. The van der Waals surface area contributed by atoms with Gasteiger partial charge in [0.05, 0.1) is 12.0 Å². The molecule has 6 rings (SSSR count). The molecule has 1 aromatic heterocycles. The maximum atomic E-state index is 12.4. The van der Waals surface area contributed by atoms with Gasteiger partial charge >= 0.3 is 0 Å². The number of carbonyl (C=O) groups is 1. The molecule has 0 bridgehead atoms. The molecule has 0 aliphatic carbocycles. The van der Waals surface area contributed by atoms with Gasteiger partial charge in [0, 0.05) is 48.0 Å². The van der Waals surface area contributed by atoms with Gasteiger partial charge in [-0.05, 0) is 48.6 Å². The maximum absolute atomic E-state index is 12.4. The lowest BCUT2D eigenvalue weighted by Gasteiger charge is -2.45. The van der Waals surface area contributed by atoms with Crippen molar-refractivity contribution in [2.75, 3.05) is 13.1 Å². The van der Waals surface area contributed by atoms with Crippen LogP contribution in [0.1, 0.15) is 36.5 Å². The Kier molecular flexibility index (Phi) is 4.58. The largest absolute Gasteiger partial charge is 0.346 e. The lowest BCUT2D eigenvalue weighted by Crippen LogP contribution is -2.56. The second kappa shape index (κ2) is 7.49. The molecule has 32 heavy (non-hydrogen) atoms. The minimum atomic E-state index is -0.193. The van der Waals surface area contributed by atoms with Crippen LogP contribution in [0.5, 0.6) is 0 Å². The Labute approximate surface area is 188 Å². The zero-order valence-electron chi connectivity index (χ0n) is 18.6. The summed E-state index contributed by atoms with van der Waals surface area (Å²) in [6.45, 7) is 6.12. The summed E-state index contributed by atoms with van der Waals surface area (Å²) in [5, 5.41) is 6.03. The molecular formula is C28H29N3O. The summed E-state index contributed by atoms with van der Waals surface area (Å²) in [4.78, 5) is 14.9. The van der Waals surface area contributed by atoms with Crippen molar-refractivity contribution in [2.24, 2.45) is 0 Å². The average Bonchev–Trinajstić information content (AvgIpc) is 3.13. The summed E-state index contributed by atoms with van der Waals surface area (Å²) < 4.78 is 2.42. The smallest absolute Gasteiger partial charge is 0.225 e. The first kappa shape index (κ1) is 19.6. The quantitative estimate of drug-likeness (QED) is 0.505. The molecule has 1 spiro atoms. The van der Waals surface area contributed by atoms with Crippen molar-refractivity contribution in [3.8, 4) is 0 Å². The number of carbonyl (C=O) groups excluding carboxylic acids is 1. The molecule has 0 saturated carbocycles. The van der Waals surface area contributed by atoms with E-state index in [1.807, 2.05) is 6.07 Å². The number of hydrogen-bond donors (Lipinski definition) is 1. The van der Waals surface area contributed by atoms with Crippen molar-refractivity contribution >= 4 is 27.7 Å². The van der Waals surface area contributed by atoms with E-state index < -0.39 is 0 Å². The van der Waals surface area contributed by atoms with Crippen molar-refractivity contribution in [1.82, 2.24) is 14.8 Å². The summed E-state index contributed by atoms with van der Waals surface area (Å²) in [5.74, 6) is 0.162. The Morgan fingerprint density at radius 2 is 1.66 bits per heavy atom. The second-order valence-electron chi connectivity index (χ2n) is 9.35. The highest BCUT2D eigenvalue weighted by molar-refractivity contribution is 6.08. The van der Waals surface area contributed by atoms with Crippen molar-refractivity contribution in [3.63, 3.8) is 0 Å².